The SMILES string of the molecule is OCC(F)(F)C(F)(F)OC(F)(F)C(F)(F)F. The summed E-state index contributed by atoms with van der Waals surface area (Å²) in [5.74, 6) is -5.57. The first-order valence-electron chi connectivity index (χ1n) is 3.28. The molecule has 0 bridgehead atoms. The van der Waals surface area contributed by atoms with Crippen LogP contribution < -0.4 is 0 Å². The van der Waals surface area contributed by atoms with Gasteiger partial charge in [0.15, 0.2) is 0 Å². The second-order valence-electron chi connectivity index (χ2n) is 2.50. The molecule has 0 radical (unpaired) electrons. The van der Waals surface area contributed by atoms with E-state index in [2.05, 4.69) is 0 Å². The van der Waals surface area contributed by atoms with Crippen molar-refractivity contribution < 1.29 is 49.4 Å². The number of ether oxygens (including phenoxy) is 1. The van der Waals surface area contributed by atoms with Crippen LogP contribution >= 0.6 is 0 Å². The van der Waals surface area contributed by atoms with Crippen molar-refractivity contribution in [3.8, 4) is 0 Å². The maximum Gasteiger partial charge on any atom is 0.483 e. The summed E-state index contributed by atoms with van der Waals surface area (Å²) in [5, 5.41) is 7.69. The number of aliphatic hydroxyl groups excluding tert-OH is 1. The average molecular weight is 266 g/mol. The highest BCUT2D eigenvalue weighted by atomic mass is 19.4. The van der Waals surface area contributed by atoms with Gasteiger partial charge in [-0.05, 0) is 0 Å². The largest absolute Gasteiger partial charge is 0.483 e. The van der Waals surface area contributed by atoms with Gasteiger partial charge in [0.25, 0.3) is 0 Å². The van der Waals surface area contributed by atoms with E-state index in [-0.39, 0.29) is 0 Å². The summed E-state index contributed by atoms with van der Waals surface area (Å²) in [7, 11) is 0. The van der Waals surface area contributed by atoms with Crippen LogP contribution in [0.25, 0.3) is 0 Å². The van der Waals surface area contributed by atoms with Gasteiger partial charge in [-0.15, -0.1) is 0 Å². The van der Waals surface area contributed by atoms with Gasteiger partial charge >= 0.3 is 24.3 Å². The van der Waals surface area contributed by atoms with E-state index in [1.807, 2.05) is 0 Å². The zero-order chi connectivity index (χ0) is 13.4. The van der Waals surface area contributed by atoms with E-state index in [0.29, 0.717) is 0 Å². The van der Waals surface area contributed by atoms with E-state index in [0.717, 1.165) is 0 Å². The molecule has 1 N–H and O–H groups in total. The lowest BCUT2D eigenvalue weighted by Gasteiger charge is -2.29. The molecule has 98 valence electrons. The summed E-state index contributed by atoms with van der Waals surface area (Å²) in [6, 6.07) is 0. The van der Waals surface area contributed by atoms with Gasteiger partial charge < -0.3 is 5.11 Å². The van der Waals surface area contributed by atoms with Crippen molar-refractivity contribution in [3.05, 3.63) is 0 Å². The van der Waals surface area contributed by atoms with Gasteiger partial charge in [0, 0.05) is 0 Å². The summed E-state index contributed by atoms with van der Waals surface area (Å²) in [6.07, 6.45) is -19.2. The molecule has 0 heterocycles. The number of rotatable bonds is 4. The Morgan fingerprint density at radius 3 is 1.38 bits per heavy atom. The summed E-state index contributed by atoms with van der Waals surface area (Å²) in [5.41, 5.74) is 0. The van der Waals surface area contributed by atoms with Crippen molar-refractivity contribution in [1.82, 2.24) is 0 Å². The number of hydrogen-bond acceptors (Lipinski definition) is 2. The van der Waals surface area contributed by atoms with Gasteiger partial charge in [0.05, 0.1) is 0 Å². The van der Waals surface area contributed by atoms with E-state index in [1.165, 1.54) is 0 Å². The second-order valence-corrected chi connectivity index (χ2v) is 2.50. The van der Waals surface area contributed by atoms with Crippen LogP contribution in [-0.2, 0) is 4.74 Å². The molecule has 0 aliphatic heterocycles. The Morgan fingerprint density at radius 2 is 1.12 bits per heavy atom. The molecule has 0 atom stereocenters. The number of halogens is 9. The summed E-state index contributed by atoms with van der Waals surface area (Å²) < 4.78 is 108. The summed E-state index contributed by atoms with van der Waals surface area (Å²) in [4.78, 5) is 0. The van der Waals surface area contributed by atoms with E-state index < -0.39 is 30.9 Å². The molecule has 16 heavy (non-hydrogen) atoms. The maximum absolute atomic E-state index is 12.1. The maximum atomic E-state index is 12.1. The highest BCUT2D eigenvalue weighted by molar-refractivity contribution is 4.79. The molecule has 11 heteroatoms. The van der Waals surface area contributed by atoms with Crippen LogP contribution in [0.15, 0.2) is 0 Å². The smallest absolute Gasteiger partial charge is 0.390 e. The first-order chi connectivity index (χ1) is 6.77. The minimum Gasteiger partial charge on any atom is -0.390 e. The molecule has 0 aliphatic rings. The van der Waals surface area contributed by atoms with E-state index in [4.69, 9.17) is 5.11 Å². The molecule has 0 aromatic heterocycles. The van der Waals surface area contributed by atoms with Crippen LogP contribution in [-0.4, -0.2) is 36.0 Å². The second kappa shape index (κ2) is 3.95. The Labute approximate surface area is 81.6 Å². The van der Waals surface area contributed by atoms with Crippen LogP contribution in [0, 0.1) is 0 Å². The van der Waals surface area contributed by atoms with Crippen LogP contribution in [0.1, 0.15) is 0 Å². The van der Waals surface area contributed by atoms with Gasteiger partial charge in [0.2, 0.25) is 0 Å². The van der Waals surface area contributed by atoms with Crippen LogP contribution in [0.5, 0.6) is 0 Å². The minimum absolute atomic E-state index is 1.74. The van der Waals surface area contributed by atoms with Crippen molar-refractivity contribution in [2.24, 2.45) is 0 Å². The van der Waals surface area contributed by atoms with Gasteiger partial charge in [-0.2, -0.15) is 39.5 Å². The Kier molecular flexibility index (Phi) is 3.77. The van der Waals surface area contributed by atoms with Gasteiger partial charge in [-0.1, -0.05) is 0 Å². The van der Waals surface area contributed by atoms with Crippen molar-refractivity contribution >= 4 is 0 Å². The highest BCUT2D eigenvalue weighted by Gasteiger charge is 2.69. The fourth-order valence-corrected chi connectivity index (χ4v) is 0.386. The first-order valence-corrected chi connectivity index (χ1v) is 3.28. The predicted octanol–water partition coefficient (Wildman–Crippen LogP) is 2.38. The fraction of sp³-hybridized carbons (Fsp3) is 1.00. The van der Waals surface area contributed by atoms with Crippen molar-refractivity contribution in [2.75, 3.05) is 6.61 Å². The monoisotopic (exact) mass is 266 g/mol. The summed E-state index contributed by atoms with van der Waals surface area (Å²) in [6.45, 7) is -2.66. The zero-order valence-electron chi connectivity index (χ0n) is 6.96. The molecule has 0 aromatic rings. The average Bonchev–Trinajstić information content (AvgIpc) is 1.99. The summed E-state index contributed by atoms with van der Waals surface area (Å²) >= 11 is 0. The van der Waals surface area contributed by atoms with Crippen molar-refractivity contribution in [1.29, 1.82) is 0 Å². The molecule has 0 aliphatic carbocycles. The standard InChI is InChI=1S/C5H3F9O2/c6-2(7,1-15)4(11,12)16-5(13,14)3(8,9)10/h15H,1H2. The Hall–Kier alpha value is -0.710. The van der Waals surface area contributed by atoms with Crippen LogP contribution in [0.4, 0.5) is 39.5 Å². The molecule has 0 saturated carbocycles. The van der Waals surface area contributed by atoms with E-state index >= 15 is 0 Å². The molecule has 0 rings (SSSR count). The highest BCUT2D eigenvalue weighted by Crippen LogP contribution is 2.45. The van der Waals surface area contributed by atoms with E-state index in [9.17, 15) is 39.5 Å². The van der Waals surface area contributed by atoms with Gasteiger partial charge in [-0.25, -0.2) is 4.74 Å². The van der Waals surface area contributed by atoms with Gasteiger partial charge in [0.1, 0.15) is 6.61 Å². The topological polar surface area (TPSA) is 29.5 Å². The lowest BCUT2D eigenvalue weighted by Crippen LogP contribution is -2.53. The fourth-order valence-electron chi connectivity index (χ4n) is 0.386. The molecular weight excluding hydrogens is 263 g/mol. The predicted molar refractivity (Wildman–Crippen MR) is 29.1 cm³/mol. The Balaban J connectivity index is 4.99. The quantitative estimate of drug-likeness (QED) is 0.791. The zero-order valence-corrected chi connectivity index (χ0v) is 6.96. The normalized spacial score (nSPS) is 15.4. The Bertz CT molecular complexity index is 245. The Morgan fingerprint density at radius 1 is 0.750 bits per heavy atom. The molecule has 0 fully saturated rings. The lowest BCUT2D eigenvalue weighted by atomic mass is 10.3. The molecule has 0 saturated heterocycles. The van der Waals surface area contributed by atoms with E-state index in [1.54, 1.807) is 4.74 Å². The third-order valence-electron chi connectivity index (χ3n) is 1.21. The number of alkyl halides is 9. The minimum atomic E-state index is -6.58. The van der Waals surface area contributed by atoms with Crippen LogP contribution in [0.2, 0.25) is 0 Å². The molecule has 0 spiro atoms. The molecule has 0 unspecified atom stereocenters. The number of hydrogen-bond donors (Lipinski definition) is 1. The van der Waals surface area contributed by atoms with Gasteiger partial charge in [-0.3, -0.25) is 0 Å². The molecule has 0 aromatic carbocycles. The van der Waals surface area contributed by atoms with Crippen LogP contribution in [0.3, 0.4) is 0 Å². The first kappa shape index (κ1) is 15.3. The molecular formula is C5H3F9O2. The molecule has 0 amide bonds. The van der Waals surface area contributed by atoms with Crippen molar-refractivity contribution in [3.63, 3.8) is 0 Å². The third kappa shape index (κ3) is 2.90. The molecule has 2 nitrogen and oxygen atoms in total. The van der Waals surface area contributed by atoms with Crippen molar-refractivity contribution in [2.45, 2.75) is 24.3 Å². The third-order valence-corrected chi connectivity index (χ3v) is 1.21. The number of aliphatic hydroxyl groups is 1. The lowest BCUT2D eigenvalue weighted by molar-refractivity contribution is -0.487.